The van der Waals surface area contributed by atoms with Gasteiger partial charge in [-0.1, -0.05) is 72.8 Å². The summed E-state index contributed by atoms with van der Waals surface area (Å²) in [5.41, 5.74) is 5.68. The van der Waals surface area contributed by atoms with Gasteiger partial charge in [-0.3, -0.25) is 4.90 Å². The second kappa shape index (κ2) is 10.4. The van der Waals surface area contributed by atoms with E-state index in [0.29, 0.717) is 25.1 Å². The van der Waals surface area contributed by atoms with E-state index in [1.807, 2.05) is 47.4 Å². The Morgan fingerprint density at radius 1 is 1.00 bits per heavy atom. The lowest BCUT2D eigenvalue weighted by Gasteiger charge is -2.39. The Bertz CT molecular complexity index is 1110. The summed E-state index contributed by atoms with van der Waals surface area (Å²) >= 11 is 0. The van der Waals surface area contributed by atoms with Gasteiger partial charge in [0.2, 0.25) is 0 Å². The summed E-state index contributed by atoms with van der Waals surface area (Å²) in [6, 6.07) is 20.6. The SMILES string of the molecule is Cc1c(/C=C/c2ccc(CN3CCCC(O)C3C(O)O)cc2F)cccc1-c1ccccc1. The molecule has 5 heteroatoms. The highest BCUT2D eigenvalue weighted by molar-refractivity contribution is 5.77. The standard InChI is InChI=1S/C28H30FNO3/c1-19-21(9-5-10-24(19)22-7-3-2-4-8-22)14-15-23-13-12-20(17-25(23)29)18-30-16-6-11-26(31)27(30)28(32)33/h2-5,7-10,12-15,17,26-28,31-33H,6,11,16,18H2,1H3/b15-14+. The van der Waals surface area contributed by atoms with Crippen molar-refractivity contribution in [3.05, 3.63) is 94.8 Å². The molecule has 0 bridgehead atoms. The molecule has 3 aromatic rings. The van der Waals surface area contributed by atoms with Crippen molar-refractivity contribution in [1.82, 2.24) is 4.90 Å². The Morgan fingerprint density at radius 2 is 1.76 bits per heavy atom. The van der Waals surface area contributed by atoms with Gasteiger partial charge >= 0.3 is 0 Å². The largest absolute Gasteiger partial charge is 0.391 e. The van der Waals surface area contributed by atoms with Crippen molar-refractivity contribution >= 4 is 12.2 Å². The van der Waals surface area contributed by atoms with Crippen molar-refractivity contribution < 1.29 is 19.7 Å². The van der Waals surface area contributed by atoms with Crippen molar-refractivity contribution in [1.29, 1.82) is 0 Å². The van der Waals surface area contributed by atoms with Crippen LogP contribution in [0, 0.1) is 12.7 Å². The van der Waals surface area contributed by atoms with Crippen molar-refractivity contribution in [2.24, 2.45) is 0 Å². The lowest BCUT2D eigenvalue weighted by Crippen LogP contribution is -2.54. The lowest BCUT2D eigenvalue weighted by atomic mass is 9.96. The number of aliphatic hydroxyl groups excluding tert-OH is 2. The number of piperidine rings is 1. The Balaban J connectivity index is 1.51. The zero-order valence-corrected chi connectivity index (χ0v) is 18.7. The summed E-state index contributed by atoms with van der Waals surface area (Å²) in [7, 11) is 0. The fourth-order valence-electron chi connectivity index (χ4n) is 4.62. The van der Waals surface area contributed by atoms with E-state index < -0.39 is 18.4 Å². The van der Waals surface area contributed by atoms with Gasteiger partial charge in [0, 0.05) is 12.1 Å². The Morgan fingerprint density at radius 3 is 2.48 bits per heavy atom. The number of hydrogen-bond donors (Lipinski definition) is 3. The molecular weight excluding hydrogens is 417 g/mol. The van der Waals surface area contributed by atoms with Crippen LogP contribution in [0.1, 0.15) is 35.1 Å². The smallest absolute Gasteiger partial charge is 0.169 e. The number of aliphatic hydroxyl groups is 3. The quantitative estimate of drug-likeness (QED) is 0.382. The normalized spacial score (nSPS) is 19.5. The maximum Gasteiger partial charge on any atom is 0.169 e. The van der Waals surface area contributed by atoms with E-state index in [1.54, 1.807) is 12.1 Å². The van der Waals surface area contributed by atoms with Crippen LogP contribution in [-0.2, 0) is 6.54 Å². The van der Waals surface area contributed by atoms with Crippen LogP contribution in [0.15, 0.2) is 66.7 Å². The number of nitrogens with zero attached hydrogens (tertiary/aromatic N) is 1. The average molecular weight is 448 g/mol. The van der Waals surface area contributed by atoms with E-state index >= 15 is 0 Å². The minimum absolute atomic E-state index is 0.334. The van der Waals surface area contributed by atoms with E-state index in [4.69, 9.17) is 0 Å². The number of halogens is 1. The molecule has 3 N–H and O–H groups in total. The number of likely N-dealkylation sites (tertiary alicyclic amines) is 1. The van der Waals surface area contributed by atoms with Gasteiger partial charge in [-0.25, -0.2) is 4.39 Å². The first-order valence-corrected chi connectivity index (χ1v) is 11.3. The van der Waals surface area contributed by atoms with Gasteiger partial charge in [-0.15, -0.1) is 0 Å². The molecule has 1 heterocycles. The highest BCUT2D eigenvalue weighted by Gasteiger charge is 2.34. The Hall–Kier alpha value is -2.83. The molecule has 1 fully saturated rings. The molecule has 4 rings (SSSR count). The van der Waals surface area contributed by atoms with E-state index in [-0.39, 0.29) is 5.82 Å². The molecule has 1 saturated heterocycles. The van der Waals surface area contributed by atoms with Crippen LogP contribution in [0.2, 0.25) is 0 Å². The minimum Gasteiger partial charge on any atom is -0.391 e. The fourth-order valence-corrected chi connectivity index (χ4v) is 4.62. The number of benzene rings is 3. The maximum atomic E-state index is 14.9. The predicted octanol–water partition coefficient (Wildman–Crippen LogP) is 4.61. The molecule has 1 aliphatic heterocycles. The molecule has 0 saturated carbocycles. The zero-order chi connectivity index (χ0) is 23.4. The van der Waals surface area contributed by atoms with Gasteiger partial charge in [0.1, 0.15) is 5.82 Å². The summed E-state index contributed by atoms with van der Waals surface area (Å²) < 4.78 is 14.9. The van der Waals surface area contributed by atoms with E-state index in [0.717, 1.165) is 34.2 Å². The second-order valence-electron chi connectivity index (χ2n) is 8.66. The highest BCUT2D eigenvalue weighted by Crippen LogP contribution is 2.27. The Kier molecular flexibility index (Phi) is 7.36. The van der Waals surface area contributed by atoms with Gasteiger partial charge in [-0.2, -0.15) is 0 Å². The summed E-state index contributed by atoms with van der Waals surface area (Å²) in [6.45, 7) is 3.04. The van der Waals surface area contributed by atoms with Crippen LogP contribution in [0.25, 0.3) is 23.3 Å². The lowest BCUT2D eigenvalue weighted by molar-refractivity contribution is -0.148. The van der Waals surface area contributed by atoms with Gasteiger partial charge < -0.3 is 15.3 Å². The second-order valence-corrected chi connectivity index (χ2v) is 8.66. The zero-order valence-electron chi connectivity index (χ0n) is 18.7. The van der Waals surface area contributed by atoms with Gasteiger partial charge in [0.25, 0.3) is 0 Å². The molecule has 172 valence electrons. The predicted molar refractivity (Wildman–Crippen MR) is 130 cm³/mol. The first-order valence-electron chi connectivity index (χ1n) is 11.3. The molecule has 0 aliphatic carbocycles. The molecule has 1 aliphatic rings. The van der Waals surface area contributed by atoms with E-state index in [2.05, 4.69) is 25.1 Å². The summed E-state index contributed by atoms with van der Waals surface area (Å²) in [5.74, 6) is -0.334. The van der Waals surface area contributed by atoms with Crippen molar-refractivity contribution in [2.75, 3.05) is 6.54 Å². The van der Waals surface area contributed by atoms with E-state index in [9.17, 15) is 19.7 Å². The third-order valence-corrected chi connectivity index (χ3v) is 6.42. The number of rotatable bonds is 6. The third kappa shape index (κ3) is 5.40. The molecule has 33 heavy (non-hydrogen) atoms. The molecule has 0 radical (unpaired) electrons. The van der Waals surface area contributed by atoms with Crippen LogP contribution in [0.5, 0.6) is 0 Å². The van der Waals surface area contributed by atoms with Gasteiger partial charge in [-0.05, 0) is 60.2 Å². The molecule has 0 spiro atoms. The van der Waals surface area contributed by atoms with Crippen LogP contribution >= 0.6 is 0 Å². The van der Waals surface area contributed by atoms with Crippen molar-refractivity contribution in [3.8, 4) is 11.1 Å². The molecule has 2 atom stereocenters. The fraction of sp³-hybridized carbons (Fsp3) is 0.286. The third-order valence-electron chi connectivity index (χ3n) is 6.42. The topological polar surface area (TPSA) is 63.9 Å². The van der Waals surface area contributed by atoms with Gasteiger partial charge in [0.05, 0.1) is 12.1 Å². The molecule has 0 aromatic heterocycles. The molecule has 2 unspecified atom stereocenters. The Labute approximate surface area is 194 Å². The van der Waals surface area contributed by atoms with Crippen LogP contribution in [0.4, 0.5) is 4.39 Å². The van der Waals surface area contributed by atoms with Crippen LogP contribution in [-0.4, -0.2) is 45.2 Å². The number of hydrogen-bond acceptors (Lipinski definition) is 4. The summed E-state index contributed by atoms with van der Waals surface area (Å²) in [4.78, 5) is 1.81. The van der Waals surface area contributed by atoms with Gasteiger partial charge in [0.15, 0.2) is 6.29 Å². The minimum atomic E-state index is -1.64. The molecule has 0 amide bonds. The average Bonchev–Trinajstić information content (AvgIpc) is 2.80. The molecule has 3 aromatic carbocycles. The first kappa shape index (κ1) is 23.3. The summed E-state index contributed by atoms with van der Waals surface area (Å²) in [6.07, 6.45) is 2.56. The van der Waals surface area contributed by atoms with Crippen molar-refractivity contribution in [3.63, 3.8) is 0 Å². The van der Waals surface area contributed by atoms with Crippen LogP contribution in [0.3, 0.4) is 0 Å². The van der Waals surface area contributed by atoms with Crippen LogP contribution < -0.4 is 0 Å². The summed E-state index contributed by atoms with van der Waals surface area (Å²) in [5, 5.41) is 29.5. The van der Waals surface area contributed by atoms with Crippen molar-refractivity contribution in [2.45, 2.75) is 44.7 Å². The monoisotopic (exact) mass is 447 g/mol. The van der Waals surface area contributed by atoms with E-state index in [1.165, 1.54) is 6.07 Å². The highest BCUT2D eigenvalue weighted by atomic mass is 19.1. The first-order chi connectivity index (χ1) is 15.9. The maximum absolute atomic E-state index is 14.9. The molecule has 4 nitrogen and oxygen atoms in total. The molecular formula is C28H30FNO3.